The van der Waals surface area contributed by atoms with E-state index in [-0.39, 0.29) is 56.6 Å². The van der Waals surface area contributed by atoms with E-state index in [1.807, 2.05) is 0 Å². The van der Waals surface area contributed by atoms with Gasteiger partial charge in [-0.3, -0.25) is 14.4 Å². The summed E-state index contributed by atoms with van der Waals surface area (Å²) in [5.41, 5.74) is 2.09. The maximum Gasteiger partial charge on any atom is 0.221 e. The van der Waals surface area contributed by atoms with E-state index in [0.29, 0.717) is 11.1 Å². The van der Waals surface area contributed by atoms with Crippen LogP contribution in [0.2, 0.25) is 0 Å². The number of carbonyl (C=O) groups excluding carboxylic acids is 3. The third-order valence-electron chi connectivity index (χ3n) is 12.3. The van der Waals surface area contributed by atoms with Gasteiger partial charge in [0.15, 0.2) is 5.78 Å². The van der Waals surface area contributed by atoms with Crippen molar-refractivity contribution in [3.05, 3.63) is 44.2 Å². The lowest BCUT2D eigenvalue weighted by molar-refractivity contribution is -0.293. The van der Waals surface area contributed by atoms with Crippen molar-refractivity contribution in [2.45, 2.75) is 117 Å². The molecule has 2 amide bonds. The zero-order chi connectivity index (χ0) is 36.6. The predicted molar refractivity (Wildman–Crippen MR) is 193 cm³/mol. The summed E-state index contributed by atoms with van der Waals surface area (Å²) in [5.74, 6) is -2.42. The number of benzene rings is 2. The molecule has 266 valence electrons. The van der Waals surface area contributed by atoms with Crippen molar-refractivity contribution in [3.8, 4) is 11.5 Å². The highest BCUT2D eigenvalue weighted by molar-refractivity contribution is 6.52. The molecule has 0 radical (unpaired) electrons. The monoisotopic (exact) mass is 682 g/mol. The molecule has 1 aliphatic carbocycles. The SMILES string of the molecule is CC(=O)Nc1c(C2=C([O-])/C(=c3/c(O)c4c5c(c3NC(C)=O)C(C)(C)CC[N+]=5CCC4(C)C)C2=O)c(O)c2c3c1C(C)(C)CCN3CCC2(C)C. The minimum absolute atomic E-state index is 0.0318. The van der Waals surface area contributed by atoms with E-state index < -0.39 is 33.2 Å². The smallest absolute Gasteiger partial charge is 0.221 e. The number of anilines is 3. The van der Waals surface area contributed by atoms with Crippen LogP contribution in [0.3, 0.4) is 0 Å². The summed E-state index contributed by atoms with van der Waals surface area (Å²) < 4.78 is 2.24. The highest BCUT2D eigenvalue weighted by Gasteiger charge is 2.49. The Morgan fingerprint density at radius 3 is 1.74 bits per heavy atom. The third-order valence-corrected chi connectivity index (χ3v) is 12.3. The number of amides is 2. The van der Waals surface area contributed by atoms with Gasteiger partial charge in [0.25, 0.3) is 0 Å². The van der Waals surface area contributed by atoms with Crippen LogP contribution in [0.5, 0.6) is 11.5 Å². The van der Waals surface area contributed by atoms with Gasteiger partial charge in [-0.1, -0.05) is 61.1 Å². The molecule has 0 atom stereocenters. The number of nitrogens with one attached hydrogen (secondary N) is 2. The van der Waals surface area contributed by atoms with Crippen molar-refractivity contribution >= 4 is 45.8 Å². The molecule has 10 nitrogen and oxygen atoms in total. The molecule has 0 saturated heterocycles. The van der Waals surface area contributed by atoms with Crippen molar-refractivity contribution in [2.75, 3.05) is 41.7 Å². The summed E-state index contributed by atoms with van der Waals surface area (Å²) in [6, 6.07) is 0. The van der Waals surface area contributed by atoms with Gasteiger partial charge >= 0.3 is 0 Å². The molecule has 0 unspecified atom stereocenters. The van der Waals surface area contributed by atoms with Gasteiger partial charge in [-0.05, 0) is 23.7 Å². The fourth-order valence-corrected chi connectivity index (χ4v) is 9.45. The lowest BCUT2D eigenvalue weighted by atomic mass is 9.66. The number of hydrogen-bond acceptors (Lipinski definition) is 7. The van der Waals surface area contributed by atoms with E-state index in [1.54, 1.807) is 0 Å². The number of Topliss-reactive ketones (excluding diaryl/α,β-unsaturated/α-hetero) is 1. The Hall–Kier alpha value is -4.34. The molecular formula is C40H50N4O6. The Morgan fingerprint density at radius 1 is 0.700 bits per heavy atom. The Bertz CT molecular complexity index is 2130. The molecule has 2 aromatic rings. The van der Waals surface area contributed by atoms with Crippen molar-refractivity contribution in [3.63, 3.8) is 0 Å². The number of hydrogen-bond donors (Lipinski definition) is 4. The van der Waals surface area contributed by atoms with E-state index in [4.69, 9.17) is 0 Å². The number of carbonyl (C=O) groups is 3. The molecule has 0 fully saturated rings. The fourth-order valence-electron chi connectivity index (χ4n) is 9.45. The van der Waals surface area contributed by atoms with Gasteiger partial charge in [0.1, 0.15) is 24.6 Å². The van der Waals surface area contributed by atoms with Crippen LogP contribution in [-0.2, 0) is 36.0 Å². The summed E-state index contributed by atoms with van der Waals surface area (Å²) in [6.45, 7) is 22.4. The first-order valence-corrected chi connectivity index (χ1v) is 17.9. The lowest BCUT2D eigenvalue weighted by Gasteiger charge is -2.50. The number of allylic oxidation sites excluding steroid dienone is 2. The highest BCUT2D eigenvalue weighted by atomic mass is 16.3. The minimum Gasteiger partial charge on any atom is -0.871 e. The quantitative estimate of drug-likeness (QED) is 0.363. The van der Waals surface area contributed by atoms with Crippen LogP contribution < -0.4 is 35.8 Å². The third kappa shape index (κ3) is 4.58. The largest absolute Gasteiger partial charge is 0.871 e. The molecule has 4 aliphatic heterocycles. The Morgan fingerprint density at radius 2 is 1.20 bits per heavy atom. The number of ketones is 1. The Labute approximate surface area is 293 Å². The Kier molecular flexibility index (Phi) is 7.23. The average Bonchev–Trinajstić information content (AvgIpc) is 2.98. The van der Waals surface area contributed by atoms with Crippen LogP contribution in [-0.4, -0.2) is 54.0 Å². The molecule has 50 heavy (non-hydrogen) atoms. The molecule has 10 heteroatoms. The van der Waals surface area contributed by atoms with Crippen molar-refractivity contribution in [1.29, 1.82) is 0 Å². The predicted octanol–water partition coefficient (Wildman–Crippen LogP) is 3.54. The second-order valence-corrected chi connectivity index (χ2v) is 17.7. The van der Waals surface area contributed by atoms with E-state index >= 15 is 0 Å². The zero-order valence-electron chi connectivity index (χ0n) is 31.1. The molecule has 0 saturated carbocycles. The fraction of sp³-hybridized carbons (Fsp3) is 0.550. The van der Waals surface area contributed by atoms with Crippen molar-refractivity contribution in [1.82, 2.24) is 4.58 Å². The summed E-state index contributed by atoms with van der Waals surface area (Å²) in [6.07, 6.45) is 3.07. The topological polar surface area (TPSA) is 145 Å². The molecule has 0 bridgehead atoms. The second-order valence-electron chi connectivity index (χ2n) is 17.7. The second kappa shape index (κ2) is 10.6. The summed E-state index contributed by atoms with van der Waals surface area (Å²) in [4.78, 5) is 42.6. The highest BCUT2D eigenvalue weighted by Crippen LogP contribution is 2.59. The van der Waals surface area contributed by atoms with Crippen molar-refractivity contribution < 1.29 is 29.7 Å². The maximum atomic E-state index is 14.7. The van der Waals surface area contributed by atoms with E-state index in [2.05, 4.69) is 75.5 Å². The van der Waals surface area contributed by atoms with Gasteiger partial charge in [-0.2, -0.15) is 0 Å². The number of aromatic hydroxyl groups is 2. The molecule has 0 aromatic heterocycles. The number of phenols is 2. The molecule has 4 heterocycles. The van der Waals surface area contributed by atoms with E-state index in [9.17, 15) is 29.7 Å². The molecule has 5 aliphatic rings. The number of phenolic OH excluding ortho intramolecular Hbond substituents is 2. The van der Waals surface area contributed by atoms with Crippen LogP contribution in [0.15, 0.2) is 5.76 Å². The first-order valence-electron chi connectivity index (χ1n) is 17.9. The van der Waals surface area contributed by atoms with E-state index in [0.717, 1.165) is 74.0 Å². The van der Waals surface area contributed by atoms with Crippen LogP contribution in [0.1, 0.15) is 123 Å². The lowest BCUT2D eigenvalue weighted by Crippen LogP contribution is -2.54. The van der Waals surface area contributed by atoms with Gasteiger partial charge < -0.3 is 30.9 Å². The van der Waals surface area contributed by atoms with Gasteiger partial charge in [0.05, 0.1) is 39.0 Å². The molecule has 0 spiro atoms. The average molecular weight is 683 g/mol. The Balaban J connectivity index is 1.65. The van der Waals surface area contributed by atoms with Crippen LogP contribution in [0, 0.1) is 0 Å². The minimum atomic E-state index is -0.642. The van der Waals surface area contributed by atoms with Crippen molar-refractivity contribution in [2.24, 2.45) is 0 Å². The van der Waals surface area contributed by atoms with Gasteiger partial charge in [-0.15, -0.1) is 0 Å². The summed E-state index contributed by atoms with van der Waals surface area (Å²) in [7, 11) is 0. The number of rotatable bonds is 3. The first kappa shape index (κ1) is 34.1. The summed E-state index contributed by atoms with van der Waals surface area (Å²) >= 11 is 0. The first-order chi connectivity index (χ1) is 23.1. The van der Waals surface area contributed by atoms with Gasteiger partial charge in [0.2, 0.25) is 17.2 Å². The molecule has 2 aromatic carbocycles. The zero-order valence-corrected chi connectivity index (χ0v) is 31.1. The normalized spacial score (nSPS) is 23.1. The molecule has 4 N–H and O–H groups in total. The number of nitrogens with zero attached hydrogens (tertiary/aromatic N) is 2. The van der Waals surface area contributed by atoms with Crippen LogP contribution in [0.25, 0.3) is 11.1 Å². The molecule has 7 rings (SSSR count). The maximum absolute atomic E-state index is 14.7. The summed E-state index contributed by atoms with van der Waals surface area (Å²) in [5, 5.41) is 46.0. The molecular weight excluding hydrogens is 632 g/mol. The van der Waals surface area contributed by atoms with Gasteiger partial charge in [0, 0.05) is 72.9 Å². The van der Waals surface area contributed by atoms with Crippen LogP contribution >= 0.6 is 0 Å². The van der Waals surface area contributed by atoms with Gasteiger partial charge in [-0.25, -0.2) is 4.58 Å². The standard InChI is InChI=1S/C40H50N4O6/c1-19(45)41-29-21(35(49)27-31-25(29)37(3,4)11-15-43(31)17-13-39(27,7)8)23-33(47)24(34(23)48)22-30(42-20(2)46)26-32-28(36(22)50)40(9,10)14-18-44(32)16-12-38(26,5)6/h11-18H2,1-10H3,(H4,41,42,45,46,47,48,49,50). The van der Waals surface area contributed by atoms with Crippen LogP contribution in [0.4, 0.5) is 17.1 Å². The van der Waals surface area contributed by atoms with E-state index in [1.165, 1.54) is 13.8 Å².